The van der Waals surface area contributed by atoms with Crippen LogP contribution in [0.2, 0.25) is 0 Å². The summed E-state index contributed by atoms with van der Waals surface area (Å²) in [6.45, 7) is 0.267. The number of hydrogen-bond donors (Lipinski definition) is 1. The molecule has 0 unspecified atom stereocenters. The van der Waals surface area contributed by atoms with E-state index < -0.39 is 0 Å². The van der Waals surface area contributed by atoms with Crippen molar-refractivity contribution in [1.82, 2.24) is 5.32 Å². The van der Waals surface area contributed by atoms with Gasteiger partial charge in [0.1, 0.15) is 6.54 Å². The topological polar surface area (TPSA) is 41.5 Å². The smallest absolute Gasteiger partial charge is 0.178 e. The Morgan fingerprint density at radius 2 is 2.62 bits per heavy atom. The summed E-state index contributed by atoms with van der Waals surface area (Å²) < 4.78 is 0. The van der Waals surface area contributed by atoms with Crippen molar-refractivity contribution in [3.05, 3.63) is 12.3 Å². The van der Waals surface area contributed by atoms with Crippen LogP contribution in [-0.4, -0.2) is 18.7 Å². The quantitative estimate of drug-likeness (QED) is 0.465. The van der Waals surface area contributed by atoms with Crippen LogP contribution in [0.3, 0.4) is 0 Å². The predicted octanol–water partition coefficient (Wildman–Crippen LogP) is -0.299. The highest BCUT2D eigenvalue weighted by atomic mass is 16.1. The van der Waals surface area contributed by atoms with Gasteiger partial charge in [0.2, 0.25) is 0 Å². The second kappa shape index (κ2) is 2.26. The molecule has 0 aromatic carbocycles. The lowest BCUT2D eigenvalue weighted by molar-refractivity contribution is -0.113. The van der Waals surface area contributed by atoms with Gasteiger partial charge in [-0.25, -0.2) is 0 Å². The Kier molecular flexibility index (Phi) is 1.42. The van der Waals surface area contributed by atoms with Gasteiger partial charge in [0, 0.05) is 6.20 Å². The van der Waals surface area contributed by atoms with Gasteiger partial charge in [-0.1, -0.05) is 0 Å². The maximum Gasteiger partial charge on any atom is 0.178 e. The van der Waals surface area contributed by atoms with E-state index in [1.54, 1.807) is 6.20 Å². The van der Waals surface area contributed by atoms with Gasteiger partial charge >= 0.3 is 0 Å². The molecule has 8 heavy (non-hydrogen) atoms. The number of carbonyl (C=O) groups excluding carboxylic acids is 1. The van der Waals surface area contributed by atoms with Crippen molar-refractivity contribution in [2.45, 2.75) is 0 Å². The number of rotatable bonds is 0. The average molecular weight is 110 g/mol. The summed E-state index contributed by atoms with van der Waals surface area (Å²) in [5, 5.41) is 2.68. The lowest BCUT2D eigenvalue weighted by Crippen LogP contribution is -1.97. The number of ketones is 1. The van der Waals surface area contributed by atoms with Crippen molar-refractivity contribution in [3.63, 3.8) is 0 Å². The van der Waals surface area contributed by atoms with Crippen LogP contribution >= 0.6 is 0 Å². The van der Waals surface area contributed by atoms with Gasteiger partial charge in [-0.3, -0.25) is 9.79 Å². The fourth-order valence-electron chi connectivity index (χ4n) is 0.425. The highest BCUT2D eigenvalue weighted by Gasteiger charge is 1.92. The summed E-state index contributed by atoms with van der Waals surface area (Å²) in [4.78, 5) is 14.1. The fraction of sp³-hybridized carbons (Fsp3) is 0.200. The lowest BCUT2D eigenvalue weighted by atomic mass is 10.4. The molecule has 0 spiro atoms. The number of aliphatic imine (C=N–C) groups is 1. The van der Waals surface area contributed by atoms with Gasteiger partial charge in [-0.15, -0.1) is 0 Å². The molecule has 0 saturated carbocycles. The van der Waals surface area contributed by atoms with Crippen molar-refractivity contribution in [2.24, 2.45) is 4.99 Å². The molecule has 0 radical (unpaired) electrons. The van der Waals surface area contributed by atoms with Crippen LogP contribution in [0.4, 0.5) is 0 Å². The third-order valence-corrected chi connectivity index (χ3v) is 0.778. The van der Waals surface area contributed by atoms with E-state index in [0.717, 1.165) is 0 Å². The van der Waals surface area contributed by atoms with Crippen LogP contribution in [-0.2, 0) is 4.79 Å². The van der Waals surface area contributed by atoms with Crippen molar-refractivity contribution in [1.29, 1.82) is 0 Å². The van der Waals surface area contributed by atoms with E-state index in [2.05, 4.69) is 10.3 Å². The summed E-state index contributed by atoms with van der Waals surface area (Å²) in [6.07, 6.45) is 4.53. The van der Waals surface area contributed by atoms with Crippen molar-refractivity contribution >= 4 is 12.1 Å². The molecular weight excluding hydrogens is 104 g/mol. The monoisotopic (exact) mass is 110 g/mol. The van der Waals surface area contributed by atoms with E-state index in [1.807, 2.05) is 0 Å². The molecule has 0 amide bonds. The summed E-state index contributed by atoms with van der Waals surface area (Å²) in [7, 11) is 0. The van der Waals surface area contributed by atoms with Crippen LogP contribution in [0.25, 0.3) is 0 Å². The Morgan fingerprint density at radius 1 is 1.75 bits per heavy atom. The fourth-order valence-corrected chi connectivity index (χ4v) is 0.425. The molecule has 0 aromatic rings. The molecule has 1 aliphatic rings. The Labute approximate surface area is 47.1 Å². The van der Waals surface area contributed by atoms with Crippen molar-refractivity contribution < 1.29 is 4.79 Å². The minimum Gasteiger partial charge on any atom is -0.353 e. The van der Waals surface area contributed by atoms with E-state index in [0.29, 0.717) is 0 Å². The molecule has 3 nitrogen and oxygen atoms in total. The highest BCUT2D eigenvalue weighted by molar-refractivity contribution is 5.93. The van der Waals surface area contributed by atoms with E-state index >= 15 is 0 Å². The van der Waals surface area contributed by atoms with E-state index in [-0.39, 0.29) is 12.3 Å². The Morgan fingerprint density at radius 3 is 3.50 bits per heavy atom. The summed E-state index contributed by atoms with van der Waals surface area (Å²) in [5.74, 6) is 0.0336. The van der Waals surface area contributed by atoms with Crippen LogP contribution in [0.15, 0.2) is 17.3 Å². The SMILES string of the molecule is O=C1C=CNC=NC1. The normalized spacial score (nSPS) is 17.8. The van der Waals surface area contributed by atoms with Crippen molar-refractivity contribution in [2.75, 3.05) is 6.54 Å². The molecule has 1 rings (SSSR count). The maximum absolute atomic E-state index is 10.4. The zero-order chi connectivity index (χ0) is 5.82. The molecule has 0 aliphatic carbocycles. The second-order valence-electron chi connectivity index (χ2n) is 1.44. The lowest BCUT2D eigenvalue weighted by Gasteiger charge is -1.78. The standard InChI is InChI=1S/C5H6N2O/c8-5-1-2-6-4-7-3-5/h1-2,4H,3H2,(H,6,7). The first-order valence-electron chi connectivity index (χ1n) is 2.33. The Balaban J connectivity index is 2.61. The molecule has 42 valence electrons. The number of nitrogens with one attached hydrogen (secondary N) is 1. The Hall–Kier alpha value is -1.12. The van der Waals surface area contributed by atoms with Crippen LogP contribution in [0.1, 0.15) is 0 Å². The van der Waals surface area contributed by atoms with Gasteiger partial charge in [0.25, 0.3) is 0 Å². The molecule has 1 heterocycles. The number of carbonyl (C=O) groups is 1. The molecule has 0 bridgehead atoms. The zero-order valence-electron chi connectivity index (χ0n) is 4.29. The van der Waals surface area contributed by atoms with E-state index in [4.69, 9.17) is 0 Å². The van der Waals surface area contributed by atoms with Gasteiger partial charge in [0.05, 0.1) is 6.34 Å². The molecule has 0 fully saturated rings. The summed E-state index contributed by atoms with van der Waals surface area (Å²) >= 11 is 0. The minimum absolute atomic E-state index is 0.0336. The van der Waals surface area contributed by atoms with Crippen LogP contribution in [0, 0.1) is 0 Å². The predicted molar refractivity (Wildman–Crippen MR) is 30.6 cm³/mol. The van der Waals surface area contributed by atoms with E-state index in [9.17, 15) is 4.79 Å². The number of nitrogens with zero attached hydrogens (tertiary/aromatic N) is 1. The largest absolute Gasteiger partial charge is 0.353 e. The third kappa shape index (κ3) is 1.18. The first-order valence-corrected chi connectivity index (χ1v) is 2.33. The second-order valence-corrected chi connectivity index (χ2v) is 1.44. The van der Waals surface area contributed by atoms with Gasteiger partial charge in [-0.05, 0) is 6.08 Å². The minimum atomic E-state index is 0.0336. The number of hydrogen-bond acceptors (Lipinski definition) is 3. The molecule has 1 aliphatic heterocycles. The summed E-state index contributed by atoms with van der Waals surface area (Å²) in [5.41, 5.74) is 0. The average Bonchev–Trinajstić information content (AvgIpc) is 1.94. The third-order valence-electron chi connectivity index (χ3n) is 0.778. The van der Waals surface area contributed by atoms with Gasteiger partial charge in [0.15, 0.2) is 5.78 Å². The van der Waals surface area contributed by atoms with Crippen molar-refractivity contribution in [3.8, 4) is 0 Å². The van der Waals surface area contributed by atoms with Gasteiger partial charge in [-0.2, -0.15) is 0 Å². The van der Waals surface area contributed by atoms with Crippen LogP contribution < -0.4 is 5.32 Å². The maximum atomic E-state index is 10.4. The molecule has 0 aromatic heterocycles. The first-order chi connectivity index (χ1) is 3.89. The summed E-state index contributed by atoms with van der Waals surface area (Å²) in [6, 6.07) is 0. The molecular formula is C5H6N2O. The zero-order valence-corrected chi connectivity index (χ0v) is 4.29. The van der Waals surface area contributed by atoms with Gasteiger partial charge < -0.3 is 5.32 Å². The molecule has 0 atom stereocenters. The molecule has 3 heteroatoms. The molecule has 1 N–H and O–H groups in total. The van der Waals surface area contributed by atoms with Crippen LogP contribution in [0.5, 0.6) is 0 Å². The highest BCUT2D eigenvalue weighted by Crippen LogP contribution is 1.79. The molecule has 0 saturated heterocycles. The first kappa shape index (κ1) is 5.03. The van der Waals surface area contributed by atoms with E-state index in [1.165, 1.54) is 12.4 Å². The Bertz CT molecular complexity index is 149.